The number of hydrogen-bond donors (Lipinski definition) is 2. The Hall–Kier alpha value is -1.86. The molecule has 0 saturated heterocycles. The SMILES string of the molecule is C=CCN(C)S(=O)(=O)c1ccc(NCC(=O)NCCC)cc1. The summed E-state index contributed by atoms with van der Waals surface area (Å²) in [5, 5.41) is 5.70. The van der Waals surface area contributed by atoms with Crippen molar-refractivity contribution < 1.29 is 13.2 Å². The number of likely N-dealkylation sites (N-methyl/N-ethyl adjacent to an activating group) is 1. The van der Waals surface area contributed by atoms with Crippen molar-refractivity contribution in [3.8, 4) is 0 Å². The third-order valence-electron chi connectivity index (χ3n) is 2.97. The quantitative estimate of drug-likeness (QED) is 0.673. The first-order chi connectivity index (χ1) is 10.4. The average Bonchev–Trinajstić information content (AvgIpc) is 2.51. The van der Waals surface area contributed by atoms with Crippen molar-refractivity contribution in [3.63, 3.8) is 0 Å². The van der Waals surface area contributed by atoms with Gasteiger partial charge >= 0.3 is 0 Å². The molecular weight excluding hydrogens is 302 g/mol. The van der Waals surface area contributed by atoms with E-state index in [1.54, 1.807) is 12.1 Å². The van der Waals surface area contributed by atoms with Crippen LogP contribution < -0.4 is 10.6 Å². The Morgan fingerprint density at radius 2 is 1.95 bits per heavy atom. The van der Waals surface area contributed by atoms with E-state index in [0.717, 1.165) is 6.42 Å². The van der Waals surface area contributed by atoms with Gasteiger partial charge in [0.25, 0.3) is 0 Å². The standard InChI is InChI=1S/C15H23N3O3S/c1-4-10-16-15(19)12-17-13-6-8-14(9-7-13)22(20,21)18(3)11-5-2/h5-9,17H,2,4,10-12H2,1,3H3,(H,16,19). The van der Waals surface area contributed by atoms with Gasteiger partial charge in [-0.2, -0.15) is 4.31 Å². The predicted octanol–water partition coefficient (Wildman–Crippen LogP) is 1.43. The van der Waals surface area contributed by atoms with Crippen LogP contribution in [0.3, 0.4) is 0 Å². The van der Waals surface area contributed by atoms with Crippen molar-refractivity contribution in [2.24, 2.45) is 0 Å². The largest absolute Gasteiger partial charge is 0.376 e. The van der Waals surface area contributed by atoms with Crippen LogP contribution in [0.15, 0.2) is 41.8 Å². The van der Waals surface area contributed by atoms with Crippen LogP contribution in [0.2, 0.25) is 0 Å². The minimum atomic E-state index is -3.51. The van der Waals surface area contributed by atoms with Crippen LogP contribution in [-0.2, 0) is 14.8 Å². The molecule has 0 unspecified atom stereocenters. The van der Waals surface area contributed by atoms with E-state index in [1.807, 2.05) is 6.92 Å². The molecule has 122 valence electrons. The van der Waals surface area contributed by atoms with Crippen LogP contribution in [0, 0.1) is 0 Å². The summed E-state index contributed by atoms with van der Waals surface area (Å²) in [5.41, 5.74) is 0.692. The number of carbonyl (C=O) groups excluding carboxylic acids is 1. The molecule has 0 saturated carbocycles. The fourth-order valence-corrected chi connectivity index (χ4v) is 2.86. The number of carbonyl (C=O) groups is 1. The van der Waals surface area contributed by atoms with E-state index in [9.17, 15) is 13.2 Å². The highest BCUT2D eigenvalue weighted by atomic mass is 32.2. The number of amides is 1. The van der Waals surface area contributed by atoms with Crippen molar-refractivity contribution in [1.82, 2.24) is 9.62 Å². The molecule has 6 nitrogen and oxygen atoms in total. The Bertz CT molecular complexity index is 597. The monoisotopic (exact) mass is 325 g/mol. The van der Waals surface area contributed by atoms with Crippen molar-refractivity contribution in [1.29, 1.82) is 0 Å². The average molecular weight is 325 g/mol. The van der Waals surface area contributed by atoms with Crippen molar-refractivity contribution >= 4 is 21.6 Å². The molecule has 0 aliphatic carbocycles. The molecule has 1 aromatic rings. The summed E-state index contributed by atoms with van der Waals surface area (Å²) in [4.78, 5) is 11.7. The van der Waals surface area contributed by atoms with Crippen molar-refractivity contribution in [2.75, 3.05) is 32.0 Å². The van der Waals surface area contributed by atoms with Crippen molar-refractivity contribution in [2.45, 2.75) is 18.2 Å². The molecule has 0 aliphatic heterocycles. The summed E-state index contributed by atoms with van der Waals surface area (Å²) < 4.78 is 25.6. The van der Waals surface area contributed by atoms with Crippen molar-refractivity contribution in [3.05, 3.63) is 36.9 Å². The second-order valence-electron chi connectivity index (χ2n) is 4.80. The molecule has 1 rings (SSSR count). The number of sulfonamides is 1. The maximum Gasteiger partial charge on any atom is 0.243 e. The summed E-state index contributed by atoms with van der Waals surface area (Å²) in [7, 11) is -2.00. The molecule has 0 fully saturated rings. The number of hydrogen-bond acceptors (Lipinski definition) is 4. The zero-order valence-corrected chi connectivity index (χ0v) is 13.8. The number of anilines is 1. The Balaban J connectivity index is 2.67. The number of rotatable bonds is 9. The first-order valence-corrected chi connectivity index (χ1v) is 8.53. The van der Waals surface area contributed by atoms with Gasteiger partial charge < -0.3 is 10.6 Å². The Morgan fingerprint density at radius 1 is 1.32 bits per heavy atom. The zero-order valence-electron chi connectivity index (χ0n) is 13.0. The van der Waals surface area contributed by atoms with Gasteiger partial charge in [0, 0.05) is 25.8 Å². The molecule has 0 bridgehead atoms. The number of nitrogens with one attached hydrogen (secondary N) is 2. The van der Waals surface area contributed by atoms with Crippen LogP contribution in [-0.4, -0.2) is 45.3 Å². The lowest BCUT2D eigenvalue weighted by molar-refractivity contribution is -0.119. The molecule has 1 aromatic carbocycles. The lowest BCUT2D eigenvalue weighted by Gasteiger charge is -2.15. The molecule has 0 heterocycles. The Labute approximate surface area is 132 Å². The summed E-state index contributed by atoms with van der Waals surface area (Å²) in [5.74, 6) is -0.0933. The molecule has 22 heavy (non-hydrogen) atoms. The minimum absolute atomic E-state index is 0.0933. The van der Waals surface area contributed by atoms with Gasteiger partial charge in [0.1, 0.15) is 0 Å². The molecule has 0 aliphatic rings. The zero-order chi connectivity index (χ0) is 16.6. The number of nitrogens with zero attached hydrogens (tertiary/aromatic N) is 1. The van der Waals surface area contributed by atoms with E-state index in [0.29, 0.717) is 12.2 Å². The van der Waals surface area contributed by atoms with E-state index < -0.39 is 10.0 Å². The van der Waals surface area contributed by atoms with Gasteiger partial charge in [-0.15, -0.1) is 6.58 Å². The topological polar surface area (TPSA) is 78.5 Å². The summed E-state index contributed by atoms with van der Waals surface area (Å²) in [6.07, 6.45) is 2.42. The van der Waals surface area contributed by atoms with Gasteiger partial charge in [-0.1, -0.05) is 13.0 Å². The fourth-order valence-electron chi connectivity index (χ4n) is 1.71. The first kappa shape index (κ1) is 18.2. The highest BCUT2D eigenvalue weighted by Crippen LogP contribution is 2.17. The second-order valence-corrected chi connectivity index (χ2v) is 6.85. The highest BCUT2D eigenvalue weighted by molar-refractivity contribution is 7.89. The van der Waals surface area contributed by atoms with Gasteiger partial charge in [-0.25, -0.2) is 8.42 Å². The highest BCUT2D eigenvalue weighted by Gasteiger charge is 2.19. The lowest BCUT2D eigenvalue weighted by Crippen LogP contribution is -2.30. The third-order valence-corrected chi connectivity index (χ3v) is 4.81. The summed E-state index contributed by atoms with van der Waals surface area (Å²) >= 11 is 0. The molecule has 0 radical (unpaired) electrons. The van der Waals surface area contributed by atoms with E-state index in [4.69, 9.17) is 0 Å². The molecule has 1 amide bonds. The molecule has 0 spiro atoms. The van der Waals surface area contributed by atoms with Gasteiger partial charge in [0.05, 0.1) is 11.4 Å². The van der Waals surface area contributed by atoms with E-state index in [2.05, 4.69) is 17.2 Å². The van der Waals surface area contributed by atoms with Gasteiger partial charge in [0.2, 0.25) is 15.9 Å². The molecular formula is C15H23N3O3S. The van der Waals surface area contributed by atoms with E-state index in [1.165, 1.54) is 29.6 Å². The van der Waals surface area contributed by atoms with Crippen LogP contribution in [0.1, 0.15) is 13.3 Å². The molecule has 2 N–H and O–H groups in total. The van der Waals surface area contributed by atoms with Crippen LogP contribution in [0.4, 0.5) is 5.69 Å². The summed E-state index contributed by atoms with van der Waals surface area (Å²) in [6, 6.07) is 6.31. The van der Waals surface area contributed by atoms with Crippen LogP contribution >= 0.6 is 0 Å². The predicted molar refractivity (Wildman–Crippen MR) is 88.2 cm³/mol. The van der Waals surface area contributed by atoms with Crippen LogP contribution in [0.5, 0.6) is 0 Å². The second kappa shape index (κ2) is 8.55. The normalized spacial score (nSPS) is 11.2. The first-order valence-electron chi connectivity index (χ1n) is 7.09. The molecule has 0 atom stereocenters. The number of benzene rings is 1. The van der Waals surface area contributed by atoms with Gasteiger partial charge in [-0.05, 0) is 30.7 Å². The smallest absolute Gasteiger partial charge is 0.243 e. The van der Waals surface area contributed by atoms with Gasteiger partial charge in [0.15, 0.2) is 0 Å². The minimum Gasteiger partial charge on any atom is -0.376 e. The summed E-state index contributed by atoms with van der Waals surface area (Å²) in [6.45, 7) is 6.56. The van der Waals surface area contributed by atoms with Crippen LogP contribution in [0.25, 0.3) is 0 Å². The lowest BCUT2D eigenvalue weighted by atomic mass is 10.3. The van der Waals surface area contributed by atoms with E-state index >= 15 is 0 Å². The maximum absolute atomic E-state index is 12.2. The molecule has 0 aromatic heterocycles. The molecule has 7 heteroatoms. The Morgan fingerprint density at radius 3 is 2.50 bits per heavy atom. The Kier molecular flexibility index (Phi) is 7.07. The van der Waals surface area contributed by atoms with Gasteiger partial charge in [-0.3, -0.25) is 4.79 Å². The van der Waals surface area contributed by atoms with E-state index in [-0.39, 0.29) is 23.9 Å². The fraction of sp³-hybridized carbons (Fsp3) is 0.400. The third kappa shape index (κ3) is 5.16. The maximum atomic E-state index is 12.2.